The summed E-state index contributed by atoms with van der Waals surface area (Å²) < 4.78 is 5.24. The van der Waals surface area contributed by atoms with Gasteiger partial charge in [0.05, 0.1) is 0 Å². The van der Waals surface area contributed by atoms with Crippen LogP contribution in [0.2, 0.25) is 0 Å². The molecule has 3 nitrogen and oxygen atoms in total. The minimum atomic E-state index is 0.610. The second-order valence-corrected chi connectivity index (χ2v) is 2.80. The van der Waals surface area contributed by atoms with Crippen LogP contribution in [0.15, 0.2) is 5.51 Å². The lowest BCUT2D eigenvalue weighted by atomic mass is 10.5. The first kappa shape index (κ1) is 7.63. The van der Waals surface area contributed by atoms with E-state index in [0.717, 1.165) is 18.0 Å². The fourth-order valence-corrected chi connectivity index (χ4v) is 1.02. The average Bonchev–Trinajstić information content (AvgIpc) is 2.41. The zero-order chi connectivity index (χ0) is 7.23. The number of nitrogens with zero attached hydrogens (tertiary/aromatic N) is 2. The van der Waals surface area contributed by atoms with E-state index in [9.17, 15) is 0 Å². The molecule has 0 fully saturated rings. The van der Waals surface area contributed by atoms with Crippen LogP contribution < -0.4 is 0 Å². The van der Waals surface area contributed by atoms with Gasteiger partial charge in [-0.3, -0.25) is 0 Å². The molecule has 0 aliphatic carbocycles. The van der Waals surface area contributed by atoms with Crippen molar-refractivity contribution in [3.05, 3.63) is 10.5 Å². The van der Waals surface area contributed by atoms with Gasteiger partial charge in [0.15, 0.2) is 0 Å². The molecule has 1 heterocycles. The van der Waals surface area contributed by atoms with Crippen molar-refractivity contribution in [1.82, 2.24) is 10.2 Å². The summed E-state index contributed by atoms with van der Waals surface area (Å²) in [5.41, 5.74) is 1.71. The summed E-state index contributed by atoms with van der Waals surface area (Å²) >= 11 is 1.53. The Balaban J connectivity index is 2.15. The molecule has 0 aliphatic heterocycles. The summed E-state index contributed by atoms with van der Waals surface area (Å²) in [5.74, 6) is 0. The highest BCUT2D eigenvalue weighted by Gasteiger charge is 1.93. The first-order chi connectivity index (χ1) is 4.93. The summed E-state index contributed by atoms with van der Waals surface area (Å²) in [5, 5.41) is 8.47. The smallest absolute Gasteiger partial charge is 0.143 e. The molecule has 1 aromatic heterocycles. The first-order valence-corrected chi connectivity index (χ1v) is 4.14. The van der Waals surface area contributed by atoms with Crippen molar-refractivity contribution in [2.24, 2.45) is 0 Å². The molecular weight excluding hydrogens is 148 g/mol. The van der Waals surface area contributed by atoms with E-state index in [0.29, 0.717) is 6.61 Å². The summed E-state index contributed by atoms with van der Waals surface area (Å²) in [4.78, 5) is 0. The van der Waals surface area contributed by atoms with Crippen LogP contribution in [0.4, 0.5) is 0 Å². The van der Waals surface area contributed by atoms with Gasteiger partial charge in [-0.15, -0.1) is 21.5 Å². The lowest BCUT2D eigenvalue weighted by molar-refractivity contribution is 0.121. The first-order valence-electron chi connectivity index (χ1n) is 3.26. The molecule has 0 bridgehead atoms. The number of hydrogen-bond donors (Lipinski definition) is 0. The number of ether oxygens (including phenoxy) is 1. The Morgan fingerprint density at radius 2 is 2.60 bits per heavy atom. The van der Waals surface area contributed by atoms with Crippen LogP contribution in [0.1, 0.15) is 18.4 Å². The average molecular weight is 158 g/mol. The highest BCUT2D eigenvalue weighted by molar-refractivity contribution is 7.09. The van der Waals surface area contributed by atoms with Gasteiger partial charge in [-0.1, -0.05) is 6.92 Å². The van der Waals surface area contributed by atoms with Crippen molar-refractivity contribution in [3.63, 3.8) is 0 Å². The van der Waals surface area contributed by atoms with Gasteiger partial charge in [-0.05, 0) is 6.42 Å². The molecule has 0 aromatic carbocycles. The molecule has 0 N–H and O–H groups in total. The van der Waals surface area contributed by atoms with Crippen molar-refractivity contribution in [2.75, 3.05) is 6.61 Å². The third-order valence-corrected chi connectivity index (χ3v) is 1.65. The van der Waals surface area contributed by atoms with E-state index in [1.54, 1.807) is 5.51 Å². The molecular formula is C6H10N2OS. The number of hydrogen-bond acceptors (Lipinski definition) is 4. The van der Waals surface area contributed by atoms with Crippen LogP contribution in [-0.2, 0) is 11.3 Å². The van der Waals surface area contributed by atoms with Gasteiger partial charge in [0.2, 0.25) is 0 Å². The van der Waals surface area contributed by atoms with E-state index < -0.39 is 0 Å². The van der Waals surface area contributed by atoms with Gasteiger partial charge in [-0.2, -0.15) is 0 Å². The molecule has 4 heteroatoms. The van der Waals surface area contributed by atoms with Crippen molar-refractivity contribution < 1.29 is 4.74 Å². The van der Waals surface area contributed by atoms with Crippen LogP contribution in [-0.4, -0.2) is 16.8 Å². The van der Waals surface area contributed by atoms with Gasteiger partial charge < -0.3 is 4.74 Å². The quantitative estimate of drug-likeness (QED) is 0.622. The van der Waals surface area contributed by atoms with Crippen LogP contribution in [0.25, 0.3) is 0 Å². The Labute approximate surface area is 64.1 Å². The molecule has 0 atom stereocenters. The molecule has 56 valence electrons. The molecule has 0 unspecified atom stereocenters. The maximum Gasteiger partial charge on any atom is 0.143 e. The lowest BCUT2D eigenvalue weighted by Crippen LogP contribution is -1.92. The normalized spacial score (nSPS) is 10.1. The van der Waals surface area contributed by atoms with Crippen molar-refractivity contribution in [3.8, 4) is 0 Å². The number of aromatic nitrogens is 2. The highest BCUT2D eigenvalue weighted by Crippen LogP contribution is 2.02. The summed E-state index contributed by atoms with van der Waals surface area (Å²) in [6.45, 7) is 3.50. The molecule has 0 spiro atoms. The molecule has 0 saturated carbocycles. The van der Waals surface area contributed by atoms with Crippen LogP contribution >= 0.6 is 11.3 Å². The van der Waals surface area contributed by atoms with Gasteiger partial charge in [0, 0.05) is 6.61 Å². The third kappa shape index (κ3) is 2.41. The van der Waals surface area contributed by atoms with Crippen molar-refractivity contribution in [1.29, 1.82) is 0 Å². The van der Waals surface area contributed by atoms with Crippen molar-refractivity contribution in [2.45, 2.75) is 20.0 Å². The van der Waals surface area contributed by atoms with E-state index in [-0.39, 0.29) is 0 Å². The predicted molar refractivity (Wildman–Crippen MR) is 39.9 cm³/mol. The molecule has 10 heavy (non-hydrogen) atoms. The van der Waals surface area contributed by atoms with E-state index in [2.05, 4.69) is 17.1 Å². The van der Waals surface area contributed by atoms with Crippen LogP contribution in [0, 0.1) is 0 Å². The SMILES string of the molecule is CCCOCc1nncs1. The van der Waals surface area contributed by atoms with Crippen LogP contribution in [0.5, 0.6) is 0 Å². The van der Waals surface area contributed by atoms with E-state index >= 15 is 0 Å². The zero-order valence-electron chi connectivity index (χ0n) is 5.91. The largest absolute Gasteiger partial charge is 0.374 e. The van der Waals surface area contributed by atoms with E-state index in [1.165, 1.54) is 11.3 Å². The maximum absolute atomic E-state index is 5.24. The van der Waals surface area contributed by atoms with Gasteiger partial charge in [0.25, 0.3) is 0 Å². The minimum absolute atomic E-state index is 0.610. The fraction of sp³-hybridized carbons (Fsp3) is 0.667. The Hall–Kier alpha value is -0.480. The van der Waals surface area contributed by atoms with Gasteiger partial charge >= 0.3 is 0 Å². The molecule has 0 amide bonds. The third-order valence-electron chi connectivity index (χ3n) is 0.979. The minimum Gasteiger partial charge on any atom is -0.374 e. The highest BCUT2D eigenvalue weighted by atomic mass is 32.1. The Kier molecular flexibility index (Phi) is 3.32. The molecule has 1 rings (SSSR count). The zero-order valence-corrected chi connectivity index (χ0v) is 6.73. The molecule has 0 aliphatic rings. The Bertz CT molecular complexity index is 164. The van der Waals surface area contributed by atoms with Crippen molar-refractivity contribution >= 4 is 11.3 Å². The molecule has 0 saturated heterocycles. The fourth-order valence-electron chi connectivity index (χ4n) is 0.563. The van der Waals surface area contributed by atoms with Gasteiger partial charge in [0.1, 0.15) is 17.1 Å². The van der Waals surface area contributed by atoms with E-state index in [1.807, 2.05) is 0 Å². The van der Waals surface area contributed by atoms with Gasteiger partial charge in [-0.25, -0.2) is 0 Å². The van der Waals surface area contributed by atoms with E-state index in [4.69, 9.17) is 4.74 Å². The van der Waals surface area contributed by atoms with Crippen LogP contribution in [0.3, 0.4) is 0 Å². The second-order valence-electron chi connectivity index (χ2n) is 1.89. The molecule has 1 aromatic rings. The Morgan fingerprint density at radius 1 is 1.70 bits per heavy atom. The predicted octanol–water partition coefficient (Wildman–Crippen LogP) is 1.46. The summed E-state index contributed by atoms with van der Waals surface area (Å²) in [7, 11) is 0. The summed E-state index contributed by atoms with van der Waals surface area (Å²) in [6, 6.07) is 0. The Morgan fingerprint density at radius 3 is 3.20 bits per heavy atom. The topological polar surface area (TPSA) is 35.0 Å². The maximum atomic E-state index is 5.24. The number of rotatable bonds is 4. The lowest BCUT2D eigenvalue weighted by Gasteiger charge is -1.95. The molecule has 0 radical (unpaired) electrons. The standard InChI is InChI=1S/C6H10N2OS/c1-2-3-9-4-6-8-7-5-10-6/h5H,2-4H2,1H3. The monoisotopic (exact) mass is 158 g/mol. The second kappa shape index (κ2) is 4.35. The summed E-state index contributed by atoms with van der Waals surface area (Å²) in [6.07, 6.45) is 1.05.